The summed E-state index contributed by atoms with van der Waals surface area (Å²) in [5.74, 6) is 0. The van der Waals surface area contributed by atoms with Crippen molar-refractivity contribution in [1.82, 2.24) is 0 Å². The van der Waals surface area contributed by atoms with Crippen molar-refractivity contribution in [2.45, 2.75) is 44.4 Å². The fourth-order valence-electron chi connectivity index (χ4n) is 1.35. The predicted molar refractivity (Wildman–Crippen MR) is 37.8 cm³/mol. The minimum atomic E-state index is -1.24. The molecule has 0 aromatic rings. The predicted octanol–water partition coefficient (Wildman–Crippen LogP) is -0.775. The van der Waals surface area contributed by atoms with Crippen LogP contribution in [-0.4, -0.2) is 39.4 Å². The summed E-state index contributed by atoms with van der Waals surface area (Å²) in [7, 11) is 0. The molecule has 0 aliphatic carbocycles. The van der Waals surface area contributed by atoms with Gasteiger partial charge in [-0.15, -0.1) is 0 Å². The largest absolute Gasteiger partial charge is 0.387 e. The van der Waals surface area contributed by atoms with Crippen LogP contribution in [0.1, 0.15) is 20.3 Å². The van der Waals surface area contributed by atoms with Gasteiger partial charge in [-0.2, -0.15) is 0 Å². The smallest absolute Gasteiger partial charge is 0.157 e. The van der Waals surface area contributed by atoms with Crippen molar-refractivity contribution in [2.75, 3.05) is 0 Å². The molecule has 0 spiro atoms. The molecule has 0 aromatic carbocycles. The van der Waals surface area contributed by atoms with E-state index in [1.807, 2.05) is 0 Å². The number of rotatable bonds is 0. The maximum absolute atomic E-state index is 9.49. The van der Waals surface area contributed by atoms with Crippen LogP contribution >= 0.6 is 0 Å². The standard InChI is InChI=1S/C7H14O4/c1-4-6(9)7(2,10)3-5(8)11-4/h4-6,8-10H,3H2,1-2H3/t4-,5+,6-,7+/m0/s1. The van der Waals surface area contributed by atoms with E-state index in [4.69, 9.17) is 9.84 Å². The van der Waals surface area contributed by atoms with Gasteiger partial charge in [0, 0.05) is 6.42 Å². The molecule has 1 saturated heterocycles. The zero-order chi connectivity index (χ0) is 8.65. The molecular weight excluding hydrogens is 148 g/mol. The van der Waals surface area contributed by atoms with Gasteiger partial charge in [0.1, 0.15) is 6.10 Å². The monoisotopic (exact) mass is 162 g/mol. The maximum atomic E-state index is 9.49. The molecule has 0 unspecified atom stereocenters. The highest BCUT2D eigenvalue weighted by Gasteiger charge is 2.42. The molecule has 11 heavy (non-hydrogen) atoms. The fourth-order valence-corrected chi connectivity index (χ4v) is 1.35. The Bertz CT molecular complexity index is 145. The number of aliphatic hydroxyl groups excluding tert-OH is 2. The van der Waals surface area contributed by atoms with Crippen LogP contribution in [0.4, 0.5) is 0 Å². The topological polar surface area (TPSA) is 69.9 Å². The first-order valence-electron chi connectivity index (χ1n) is 3.67. The van der Waals surface area contributed by atoms with Gasteiger partial charge >= 0.3 is 0 Å². The molecule has 0 amide bonds. The Kier molecular flexibility index (Phi) is 2.20. The molecular formula is C7H14O4. The quantitative estimate of drug-likeness (QED) is 0.437. The normalized spacial score (nSPS) is 52.6. The average Bonchev–Trinajstić information content (AvgIpc) is 1.81. The number of ether oxygens (including phenoxy) is 1. The van der Waals surface area contributed by atoms with Gasteiger partial charge in [0.15, 0.2) is 6.29 Å². The van der Waals surface area contributed by atoms with Gasteiger partial charge in [0.2, 0.25) is 0 Å². The summed E-state index contributed by atoms with van der Waals surface area (Å²) in [5.41, 5.74) is -1.24. The number of hydrogen-bond donors (Lipinski definition) is 3. The van der Waals surface area contributed by atoms with Crippen LogP contribution in [0.3, 0.4) is 0 Å². The second-order valence-electron chi connectivity index (χ2n) is 3.30. The molecule has 4 nitrogen and oxygen atoms in total. The van der Waals surface area contributed by atoms with Crippen molar-refractivity contribution in [1.29, 1.82) is 0 Å². The van der Waals surface area contributed by atoms with Crippen LogP contribution in [0.2, 0.25) is 0 Å². The Morgan fingerprint density at radius 2 is 2.00 bits per heavy atom. The van der Waals surface area contributed by atoms with Gasteiger partial charge in [-0.1, -0.05) is 0 Å². The summed E-state index contributed by atoms with van der Waals surface area (Å²) in [5, 5.41) is 27.9. The van der Waals surface area contributed by atoms with Crippen molar-refractivity contribution in [2.24, 2.45) is 0 Å². The number of aliphatic hydroxyl groups is 3. The molecule has 4 heteroatoms. The zero-order valence-electron chi connectivity index (χ0n) is 6.69. The molecule has 1 aliphatic rings. The van der Waals surface area contributed by atoms with Gasteiger partial charge in [0.05, 0.1) is 11.7 Å². The summed E-state index contributed by atoms with van der Waals surface area (Å²) in [6, 6.07) is 0. The molecule has 1 aliphatic heterocycles. The summed E-state index contributed by atoms with van der Waals surface area (Å²) in [6.45, 7) is 3.10. The van der Waals surface area contributed by atoms with Crippen LogP contribution in [0.25, 0.3) is 0 Å². The third-order valence-corrected chi connectivity index (χ3v) is 2.04. The lowest BCUT2D eigenvalue weighted by atomic mass is 9.89. The van der Waals surface area contributed by atoms with Crippen LogP contribution in [-0.2, 0) is 4.74 Å². The third-order valence-electron chi connectivity index (χ3n) is 2.04. The fraction of sp³-hybridized carbons (Fsp3) is 1.00. The average molecular weight is 162 g/mol. The molecule has 0 radical (unpaired) electrons. The van der Waals surface area contributed by atoms with E-state index in [1.165, 1.54) is 6.92 Å². The first-order chi connectivity index (χ1) is 4.93. The van der Waals surface area contributed by atoms with Crippen molar-refractivity contribution in [3.63, 3.8) is 0 Å². The van der Waals surface area contributed by atoms with Crippen LogP contribution in [0.5, 0.6) is 0 Å². The Morgan fingerprint density at radius 3 is 2.45 bits per heavy atom. The van der Waals surface area contributed by atoms with Gasteiger partial charge in [-0.3, -0.25) is 0 Å². The minimum absolute atomic E-state index is 0.0541. The van der Waals surface area contributed by atoms with Gasteiger partial charge in [-0.05, 0) is 13.8 Å². The molecule has 1 fully saturated rings. The van der Waals surface area contributed by atoms with Crippen LogP contribution < -0.4 is 0 Å². The van der Waals surface area contributed by atoms with Crippen molar-refractivity contribution in [3.8, 4) is 0 Å². The molecule has 0 bridgehead atoms. The molecule has 0 saturated carbocycles. The summed E-state index contributed by atoms with van der Waals surface area (Å²) >= 11 is 0. The van der Waals surface area contributed by atoms with E-state index < -0.39 is 24.1 Å². The maximum Gasteiger partial charge on any atom is 0.157 e. The second kappa shape index (κ2) is 2.71. The van der Waals surface area contributed by atoms with Crippen LogP contribution in [0, 0.1) is 0 Å². The summed E-state index contributed by atoms with van der Waals surface area (Å²) < 4.78 is 4.88. The highest BCUT2D eigenvalue weighted by Crippen LogP contribution is 2.27. The number of hydrogen-bond acceptors (Lipinski definition) is 4. The van der Waals surface area contributed by atoms with Gasteiger partial charge in [0.25, 0.3) is 0 Å². The molecule has 3 N–H and O–H groups in total. The highest BCUT2D eigenvalue weighted by atomic mass is 16.6. The second-order valence-corrected chi connectivity index (χ2v) is 3.30. The van der Waals surface area contributed by atoms with Gasteiger partial charge in [-0.25, -0.2) is 0 Å². The van der Waals surface area contributed by atoms with Crippen LogP contribution in [0.15, 0.2) is 0 Å². The Morgan fingerprint density at radius 1 is 1.45 bits per heavy atom. The molecule has 0 aromatic heterocycles. The lowest BCUT2D eigenvalue weighted by Crippen LogP contribution is -2.54. The summed E-state index contributed by atoms with van der Waals surface area (Å²) in [4.78, 5) is 0. The van der Waals surface area contributed by atoms with E-state index in [-0.39, 0.29) is 6.42 Å². The zero-order valence-corrected chi connectivity index (χ0v) is 6.69. The molecule has 1 heterocycles. The summed E-state index contributed by atoms with van der Waals surface area (Å²) in [6.07, 6.45) is -2.36. The minimum Gasteiger partial charge on any atom is -0.387 e. The van der Waals surface area contributed by atoms with E-state index in [9.17, 15) is 10.2 Å². The van der Waals surface area contributed by atoms with Crippen molar-refractivity contribution < 1.29 is 20.1 Å². The Hall–Kier alpha value is -0.160. The third kappa shape index (κ3) is 1.70. The lowest BCUT2D eigenvalue weighted by Gasteiger charge is -2.40. The molecule has 4 atom stereocenters. The Balaban J connectivity index is 2.67. The SMILES string of the molecule is C[C@@H]1O[C@@H](O)C[C@@](C)(O)[C@H]1O. The molecule has 1 rings (SSSR count). The lowest BCUT2D eigenvalue weighted by molar-refractivity contribution is -0.256. The van der Waals surface area contributed by atoms with Crippen molar-refractivity contribution in [3.05, 3.63) is 0 Å². The first-order valence-corrected chi connectivity index (χ1v) is 3.67. The van der Waals surface area contributed by atoms with E-state index in [2.05, 4.69) is 0 Å². The van der Waals surface area contributed by atoms with Crippen molar-refractivity contribution >= 4 is 0 Å². The van der Waals surface area contributed by atoms with E-state index in [0.29, 0.717) is 0 Å². The van der Waals surface area contributed by atoms with Gasteiger partial charge < -0.3 is 20.1 Å². The van der Waals surface area contributed by atoms with E-state index >= 15 is 0 Å². The Labute approximate surface area is 65.4 Å². The highest BCUT2D eigenvalue weighted by molar-refractivity contribution is 4.90. The van der Waals surface area contributed by atoms with E-state index in [1.54, 1.807) is 6.92 Å². The first kappa shape index (κ1) is 8.93. The van der Waals surface area contributed by atoms with E-state index in [0.717, 1.165) is 0 Å². The molecule has 66 valence electrons.